The van der Waals surface area contributed by atoms with Crippen molar-refractivity contribution in [2.24, 2.45) is 0 Å². The van der Waals surface area contributed by atoms with Crippen LogP contribution >= 0.6 is 15.9 Å². The van der Waals surface area contributed by atoms with Gasteiger partial charge < -0.3 is 4.74 Å². The molecule has 1 aromatic heterocycles. The highest BCUT2D eigenvalue weighted by molar-refractivity contribution is 9.10. The van der Waals surface area contributed by atoms with Gasteiger partial charge in [0.05, 0.1) is 0 Å². The Morgan fingerprint density at radius 3 is 2.56 bits per heavy atom. The van der Waals surface area contributed by atoms with E-state index in [4.69, 9.17) is 4.74 Å². The number of nitrogens with zero attached hydrogens (tertiary/aromatic N) is 1. The van der Waals surface area contributed by atoms with Gasteiger partial charge in [-0.1, -0.05) is 22.0 Å². The average Bonchev–Trinajstić information content (AvgIpc) is 2.28. The van der Waals surface area contributed by atoms with Crippen LogP contribution in [0.3, 0.4) is 0 Å². The molecule has 6 heteroatoms. The predicted octanol–water partition coefficient (Wildman–Crippen LogP) is 4.66. The molecule has 2 rings (SSSR count). The second-order valence-corrected chi connectivity index (χ2v) is 4.32. The molecule has 0 aliphatic heterocycles. The summed E-state index contributed by atoms with van der Waals surface area (Å²) < 4.78 is 44.0. The number of halogens is 4. The highest BCUT2D eigenvalue weighted by Crippen LogP contribution is 2.36. The molecule has 2 nitrogen and oxygen atoms in total. The second-order valence-electron chi connectivity index (χ2n) is 3.41. The van der Waals surface area contributed by atoms with Crippen LogP contribution in [-0.4, -0.2) is 4.98 Å². The van der Waals surface area contributed by atoms with E-state index in [9.17, 15) is 13.2 Å². The van der Waals surface area contributed by atoms with Crippen LogP contribution in [0.5, 0.6) is 11.5 Å². The molecule has 0 aliphatic carbocycles. The zero-order chi connectivity index (χ0) is 13.2. The Morgan fingerprint density at radius 2 is 1.89 bits per heavy atom. The number of alkyl halides is 3. The molecule has 0 saturated heterocycles. The number of benzene rings is 1. The van der Waals surface area contributed by atoms with E-state index >= 15 is 0 Å². The molecule has 1 heterocycles. The van der Waals surface area contributed by atoms with Gasteiger partial charge >= 0.3 is 6.18 Å². The standard InChI is InChI=1S/C12H7BrF3NO/c13-8-3-1-4-9(7-8)18-10-5-2-6-17-11(10)12(14,15)16/h1-7H. The van der Waals surface area contributed by atoms with Crippen molar-refractivity contribution in [3.63, 3.8) is 0 Å². The average molecular weight is 318 g/mol. The third kappa shape index (κ3) is 3.01. The van der Waals surface area contributed by atoms with E-state index in [1.54, 1.807) is 24.3 Å². The Labute approximate surface area is 110 Å². The lowest BCUT2D eigenvalue weighted by molar-refractivity contribution is -0.142. The maximum atomic E-state index is 12.7. The third-order valence-corrected chi connectivity index (χ3v) is 2.56. The molecular formula is C12H7BrF3NO. The summed E-state index contributed by atoms with van der Waals surface area (Å²) in [5.41, 5.74) is -1.04. The van der Waals surface area contributed by atoms with Crippen LogP contribution in [0.15, 0.2) is 47.1 Å². The van der Waals surface area contributed by atoms with E-state index in [1.165, 1.54) is 12.1 Å². The molecule has 0 saturated carbocycles. The predicted molar refractivity (Wildman–Crippen MR) is 63.5 cm³/mol. The van der Waals surface area contributed by atoms with Crippen LogP contribution < -0.4 is 4.74 Å². The molecule has 0 radical (unpaired) electrons. The van der Waals surface area contributed by atoms with Crippen molar-refractivity contribution < 1.29 is 17.9 Å². The van der Waals surface area contributed by atoms with Crippen molar-refractivity contribution in [3.05, 3.63) is 52.8 Å². The van der Waals surface area contributed by atoms with Gasteiger partial charge in [-0.3, -0.25) is 0 Å². The number of aromatic nitrogens is 1. The molecule has 0 amide bonds. The van der Waals surface area contributed by atoms with Gasteiger partial charge in [0.25, 0.3) is 0 Å². The van der Waals surface area contributed by atoms with Crippen LogP contribution in [0, 0.1) is 0 Å². The Balaban J connectivity index is 2.35. The smallest absolute Gasteiger partial charge is 0.437 e. The van der Waals surface area contributed by atoms with Gasteiger partial charge in [-0.15, -0.1) is 0 Å². The molecule has 18 heavy (non-hydrogen) atoms. The van der Waals surface area contributed by atoms with Crippen LogP contribution in [0.4, 0.5) is 13.2 Å². The molecule has 94 valence electrons. The highest BCUT2D eigenvalue weighted by atomic mass is 79.9. The van der Waals surface area contributed by atoms with E-state index in [2.05, 4.69) is 20.9 Å². The number of pyridine rings is 1. The lowest BCUT2D eigenvalue weighted by Crippen LogP contribution is -2.09. The lowest BCUT2D eigenvalue weighted by atomic mass is 10.3. The van der Waals surface area contributed by atoms with Crippen LogP contribution in [0.1, 0.15) is 5.69 Å². The molecule has 0 bridgehead atoms. The fourth-order valence-corrected chi connectivity index (χ4v) is 1.72. The molecule has 0 N–H and O–H groups in total. The lowest BCUT2D eigenvalue weighted by Gasteiger charge is -2.12. The van der Waals surface area contributed by atoms with E-state index in [-0.39, 0.29) is 5.75 Å². The van der Waals surface area contributed by atoms with Gasteiger partial charge in [0.15, 0.2) is 11.4 Å². The van der Waals surface area contributed by atoms with Gasteiger partial charge in [0.2, 0.25) is 0 Å². The van der Waals surface area contributed by atoms with Crippen molar-refractivity contribution in [1.82, 2.24) is 4.98 Å². The van der Waals surface area contributed by atoms with Crippen molar-refractivity contribution in [2.45, 2.75) is 6.18 Å². The van der Waals surface area contributed by atoms with E-state index in [0.29, 0.717) is 5.75 Å². The van der Waals surface area contributed by atoms with Crippen molar-refractivity contribution in [3.8, 4) is 11.5 Å². The van der Waals surface area contributed by atoms with Crippen molar-refractivity contribution in [1.29, 1.82) is 0 Å². The maximum Gasteiger partial charge on any atom is 0.437 e. The molecule has 0 spiro atoms. The molecule has 0 unspecified atom stereocenters. The molecule has 0 aliphatic rings. The zero-order valence-corrected chi connectivity index (χ0v) is 10.5. The van der Waals surface area contributed by atoms with Gasteiger partial charge in [-0.25, -0.2) is 4.98 Å². The summed E-state index contributed by atoms with van der Waals surface area (Å²) in [5.74, 6) is -0.00836. The molecular weight excluding hydrogens is 311 g/mol. The van der Waals surface area contributed by atoms with E-state index < -0.39 is 11.9 Å². The number of rotatable bonds is 2. The fourth-order valence-electron chi connectivity index (χ4n) is 1.34. The minimum atomic E-state index is -4.54. The van der Waals surface area contributed by atoms with Gasteiger partial charge in [-0.2, -0.15) is 13.2 Å². The Kier molecular flexibility index (Phi) is 3.56. The van der Waals surface area contributed by atoms with E-state index in [1.807, 2.05) is 0 Å². The van der Waals surface area contributed by atoms with Crippen LogP contribution in [0.2, 0.25) is 0 Å². The Hall–Kier alpha value is -1.56. The number of hydrogen-bond acceptors (Lipinski definition) is 2. The SMILES string of the molecule is FC(F)(F)c1ncccc1Oc1cccc(Br)c1. The summed E-state index contributed by atoms with van der Waals surface area (Å²) in [5, 5.41) is 0. The summed E-state index contributed by atoms with van der Waals surface area (Å²) in [6, 6.07) is 9.19. The molecule has 0 fully saturated rings. The Bertz CT molecular complexity index is 557. The summed E-state index contributed by atoms with van der Waals surface area (Å²) in [6.45, 7) is 0. The normalized spacial score (nSPS) is 11.3. The topological polar surface area (TPSA) is 22.1 Å². The first kappa shape index (κ1) is 12.9. The summed E-state index contributed by atoms with van der Waals surface area (Å²) in [4.78, 5) is 3.31. The minimum absolute atomic E-state index is 0.308. The minimum Gasteiger partial charge on any atom is -0.455 e. The summed E-state index contributed by atoms with van der Waals surface area (Å²) in [6.07, 6.45) is -3.46. The van der Waals surface area contributed by atoms with Crippen molar-refractivity contribution in [2.75, 3.05) is 0 Å². The molecule has 2 aromatic rings. The van der Waals surface area contributed by atoms with E-state index in [0.717, 1.165) is 10.7 Å². The maximum absolute atomic E-state index is 12.7. The number of ether oxygens (including phenoxy) is 1. The van der Waals surface area contributed by atoms with Gasteiger partial charge in [0.1, 0.15) is 5.75 Å². The monoisotopic (exact) mass is 317 g/mol. The first-order valence-corrected chi connectivity index (χ1v) is 5.72. The van der Waals surface area contributed by atoms with Crippen LogP contribution in [-0.2, 0) is 6.18 Å². The van der Waals surface area contributed by atoms with Crippen LogP contribution in [0.25, 0.3) is 0 Å². The third-order valence-electron chi connectivity index (χ3n) is 2.06. The second kappa shape index (κ2) is 4.97. The summed E-state index contributed by atoms with van der Waals surface area (Å²) >= 11 is 3.22. The quantitative estimate of drug-likeness (QED) is 0.804. The fraction of sp³-hybridized carbons (Fsp3) is 0.0833. The molecule has 0 atom stereocenters. The number of hydrogen-bond donors (Lipinski definition) is 0. The zero-order valence-electron chi connectivity index (χ0n) is 8.91. The van der Waals surface area contributed by atoms with Gasteiger partial charge in [-0.05, 0) is 30.3 Å². The summed E-state index contributed by atoms with van der Waals surface area (Å²) in [7, 11) is 0. The highest BCUT2D eigenvalue weighted by Gasteiger charge is 2.36. The van der Waals surface area contributed by atoms with Gasteiger partial charge in [0, 0.05) is 10.7 Å². The largest absolute Gasteiger partial charge is 0.455 e. The Morgan fingerprint density at radius 1 is 1.11 bits per heavy atom. The first-order valence-electron chi connectivity index (χ1n) is 4.92. The van der Waals surface area contributed by atoms with Crippen molar-refractivity contribution >= 4 is 15.9 Å². The first-order chi connectivity index (χ1) is 8.47. The molecule has 1 aromatic carbocycles.